The SMILES string of the molecule is Cn1c(=Nc2ccc(OCc3ccccc3)cc2)n(Cc2ccc(CO)cc2)c2cc(Cl)c(Cl)cc21. The average Bonchev–Trinajstić information content (AvgIpc) is 3.14. The van der Waals surface area contributed by atoms with Crippen LogP contribution >= 0.6 is 23.2 Å². The first kappa shape index (κ1) is 24.2. The van der Waals surface area contributed by atoms with Crippen LogP contribution in [-0.2, 0) is 26.8 Å². The molecule has 0 amide bonds. The lowest BCUT2D eigenvalue weighted by Gasteiger charge is -2.08. The third-order valence-corrected chi connectivity index (χ3v) is 6.79. The molecule has 0 unspecified atom stereocenters. The van der Waals surface area contributed by atoms with Gasteiger partial charge >= 0.3 is 0 Å². The van der Waals surface area contributed by atoms with Crippen LogP contribution in [0.1, 0.15) is 16.7 Å². The van der Waals surface area contributed by atoms with Crippen molar-refractivity contribution in [2.45, 2.75) is 19.8 Å². The maximum atomic E-state index is 9.38. The highest BCUT2D eigenvalue weighted by atomic mass is 35.5. The molecule has 182 valence electrons. The molecule has 5 aromatic rings. The number of benzene rings is 4. The van der Waals surface area contributed by atoms with Crippen molar-refractivity contribution < 1.29 is 9.84 Å². The molecule has 0 bridgehead atoms. The molecule has 1 heterocycles. The Balaban J connectivity index is 1.51. The van der Waals surface area contributed by atoms with Gasteiger partial charge in [-0.05, 0) is 53.1 Å². The summed E-state index contributed by atoms with van der Waals surface area (Å²) in [5.41, 5.74) is 6.49. The Morgan fingerprint density at radius 1 is 0.778 bits per heavy atom. The molecule has 0 aliphatic rings. The standard InChI is InChI=1S/C29H25Cl2N3O2/c1-33-27-15-25(30)26(31)16-28(27)34(17-20-7-9-21(18-35)10-8-20)29(33)32-23-11-13-24(14-12-23)36-19-22-5-3-2-4-6-22/h2-16,35H,17-19H2,1H3. The lowest BCUT2D eigenvalue weighted by molar-refractivity contribution is 0.282. The summed E-state index contributed by atoms with van der Waals surface area (Å²) < 4.78 is 10.0. The summed E-state index contributed by atoms with van der Waals surface area (Å²) in [5, 5.41) is 10.4. The number of imidazole rings is 1. The van der Waals surface area contributed by atoms with E-state index >= 15 is 0 Å². The van der Waals surface area contributed by atoms with Gasteiger partial charge < -0.3 is 19.0 Å². The van der Waals surface area contributed by atoms with Gasteiger partial charge in [0.1, 0.15) is 12.4 Å². The highest BCUT2D eigenvalue weighted by molar-refractivity contribution is 6.42. The van der Waals surface area contributed by atoms with Crippen molar-refractivity contribution >= 4 is 39.9 Å². The number of ether oxygens (including phenoxy) is 1. The van der Waals surface area contributed by atoms with Crippen LogP contribution in [-0.4, -0.2) is 14.2 Å². The molecule has 0 radical (unpaired) electrons. The summed E-state index contributed by atoms with van der Waals surface area (Å²) >= 11 is 12.7. The molecule has 0 aliphatic carbocycles. The van der Waals surface area contributed by atoms with Crippen LogP contribution in [0, 0.1) is 0 Å². The van der Waals surface area contributed by atoms with E-state index in [9.17, 15) is 5.11 Å². The van der Waals surface area contributed by atoms with Gasteiger partial charge in [-0.2, -0.15) is 0 Å². The Morgan fingerprint density at radius 2 is 1.42 bits per heavy atom. The Hall–Kier alpha value is -3.51. The largest absolute Gasteiger partial charge is 0.489 e. The van der Waals surface area contributed by atoms with E-state index in [0.717, 1.165) is 44.8 Å². The van der Waals surface area contributed by atoms with Gasteiger partial charge in [-0.25, -0.2) is 4.99 Å². The minimum atomic E-state index is 0.0153. The topological polar surface area (TPSA) is 51.7 Å². The van der Waals surface area contributed by atoms with E-state index in [-0.39, 0.29) is 6.61 Å². The quantitative estimate of drug-likeness (QED) is 0.263. The van der Waals surface area contributed by atoms with E-state index in [4.69, 9.17) is 32.9 Å². The second-order valence-electron chi connectivity index (χ2n) is 8.55. The Bertz CT molecular complexity index is 1560. The number of aryl methyl sites for hydroxylation is 1. The second-order valence-corrected chi connectivity index (χ2v) is 9.37. The van der Waals surface area contributed by atoms with Crippen LogP contribution < -0.4 is 10.4 Å². The first-order chi connectivity index (χ1) is 17.5. The van der Waals surface area contributed by atoms with Crippen LogP contribution in [0.4, 0.5) is 5.69 Å². The van der Waals surface area contributed by atoms with E-state index in [1.54, 1.807) is 0 Å². The van der Waals surface area contributed by atoms with Crippen molar-refractivity contribution in [2.75, 3.05) is 0 Å². The molecule has 1 N–H and O–H groups in total. The van der Waals surface area contributed by atoms with E-state index in [2.05, 4.69) is 4.57 Å². The molecule has 7 heteroatoms. The average molecular weight is 518 g/mol. The number of hydrogen-bond donors (Lipinski definition) is 1. The molecule has 0 atom stereocenters. The summed E-state index contributed by atoms with van der Waals surface area (Å²) in [7, 11) is 1.97. The highest BCUT2D eigenvalue weighted by Crippen LogP contribution is 2.28. The van der Waals surface area contributed by atoms with Crippen LogP contribution in [0.3, 0.4) is 0 Å². The van der Waals surface area contributed by atoms with Gasteiger partial charge in [0.2, 0.25) is 5.62 Å². The van der Waals surface area contributed by atoms with E-state index in [1.807, 2.05) is 103 Å². The lowest BCUT2D eigenvalue weighted by Crippen LogP contribution is -2.24. The number of aliphatic hydroxyl groups is 1. The fraction of sp³-hybridized carbons (Fsp3) is 0.138. The fourth-order valence-corrected chi connectivity index (χ4v) is 4.42. The van der Waals surface area contributed by atoms with Crippen molar-refractivity contribution in [2.24, 2.45) is 12.0 Å². The van der Waals surface area contributed by atoms with Gasteiger partial charge in [0.15, 0.2) is 0 Å². The first-order valence-corrected chi connectivity index (χ1v) is 12.3. The number of fused-ring (bicyclic) bond motifs is 1. The Morgan fingerprint density at radius 3 is 2.08 bits per heavy atom. The van der Waals surface area contributed by atoms with Gasteiger partial charge in [0, 0.05) is 7.05 Å². The zero-order valence-electron chi connectivity index (χ0n) is 19.7. The van der Waals surface area contributed by atoms with Gasteiger partial charge in [-0.1, -0.05) is 77.8 Å². The number of nitrogens with zero attached hydrogens (tertiary/aromatic N) is 3. The number of aliphatic hydroxyl groups excluding tert-OH is 1. The smallest absolute Gasteiger partial charge is 0.211 e. The molecule has 4 aromatic carbocycles. The van der Waals surface area contributed by atoms with E-state index < -0.39 is 0 Å². The lowest BCUT2D eigenvalue weighted by atomic mass is 10.1. The van der Waals surface area contributed by atoms with Gasteiger partial charge in [-0.15, -0.1) is 0 Å². The molecule has 36 heavy (non-hydrogen) atoms. The molecule has 0 aliphatic heterocycles. The van der Waals surface area contributed by atoms with Crippen molar-refractivity contribution in [3.8, 4) is 5.75 Å². The third-order valence-electron chi connectivity index (χ3n) is 6.07. The molecule has 5 nitrogen and oxygen atoms in total. The van der Waals surface area contributed by atoms with Crippen LogP contribution in [0.25, 0.3) is 11.0 Å². The normalized spacial score (nSPS) is 11.8. The number of aromatic nitrogens is 2. The van der Waals surface area contributed by atoms with Crippen molar-refractivity contribution in [1.29, 1.82) is 0 Å². The molecule has 0 fully saturated rings. The zero-order valence-corrected chi connectivity index (χ0v) is 21.2. The van der Waals surface area contributed by atoms with Crippen LogP contribution in [0.5, 0.6) is 5.75 Å². The highest BCUT2D eigenvalue weighted by Gasteiger charge is 2.13. The molecule has 1 aromatic heterocycles. The molecular formula is C29H25Cl2N3O2. The molecule has 0 saturated carbocycles. The van der Waals surface area contributed by atoms with Gasteiger partial charge in [0.05, 0.1) is 39.9 Å². The molecule has 0 saturated heterocycles. The number of halogens is 2. The zero-order chi connectivity index (χ0) is 25.1. The van der Waals surface area contributed by atoms with Crippen molar-refractivity contribution in [3.05, 3.63) is 123 Å². The van der Waals surface area contributed by atoms with Crippen LogP contribution in [0.15, 0.2) is 96.0 Å². The number of rotatable bonds is 7. The van der Waals surface area contributed by atoms with Gasteiger partial charge in [-0.3, -0.25) is 0 Å². The van der Waals surface area contributed by atoms with E-state index in [0.29, 0.717) is 23.2 Å². The number of hydrogen-bond acceptors (Lipinski definition) is 3. The predicted octanol–water partition coefficient (Wildman–Crippen LogP) is 6.64. The van der Waals surface area contributed by atoms with Gasteiger partial charge in [0.25, 0.3) is 0 Å². The maximum absolute atomic E-state index is 9.38. The summed E-state index contributed by atoms with van der Waals surface area (Å²) in [6.07, 6.45) is 0. The minimum Gasteiger partial charge on any atom is -0.489 e. The third kappa shape index (κ3) is 5.19. The van der Waals surface area contributed by atoms with Crippen molar-refractivity contribution in [3.63, 3.8) is 0 Å². The molecular weight excluding hydrogens is 493 g/mol. The van der Waals surface area contributed by atoms with E-state index in [1.165, 1.54) is 0 Å². The van der Waals surface area contributed by atoms with Crippen LogP contribution in [0.2, 0.25) is 10.0 Å². The summed E-state index contributed by atoms with van der Waals surface area (Å²) in [5.74, 6) is 0.783. The summed E-state index contributed by atoms with van der Waals surface area (Å²) in [4.78, 5) is 4.97. The molecule has 5 rings (SSSR count). The maximum Gasteiger partial charge on any atom is 0.211 e. The summed E-state index contributed by atoms with van der Waals surface area (Å²) in [6, 6.07) is 29.4. The Labute approximate surface area is 219 Å². The fourth-order valence-electron chi connectivity index (χ4n) is 4.10. The summed E-state index contributed by atoms with van der Waals surface area (Å²) in [6.45, 7) is 1.11. The Kier molecular flexibility index (Phi) is 7.14. The second kappa shape index (κ2) is 10.6. The van der Waals surface area contributed by atoms with Crippen molar-refractivity contribution in [1.82, 2.24) is 9.13 Å². The molecule has 0 spiro atoms. The predicted molar refractivity (Wildman–Crippen MR) is 145 cm³/mol. The first-order valence-electron chi connectivity index (χ1n) is 11.6. The monoisotopic (exact) mass is 517 g/mol. The minimum absolute atomic E-state index is 0.0153.